The molecule has 9 heteroatoms. The van der Waals surface area contributed by atoms with E-state index >= 15 is 0 Å². The molecule has 2 unspecified atom stereocenters. The molecule has 20 heavy (non-hydrogen) atoms. The van der Waals surface area contributed by atoms with Crippen LogP contribution < -0.4 is 11.1 Å². The Balaban J connectivity index is 2.36. The first-order chi connectivity index (χ1) is 9.23. The summed E-state index contributed by atoms with van der Waals surface area (Å²) in [6.07, 6.45) is -4.18. The second kappa shape index (κ2) is 6.89. The smallest absolute Gasteiger partial charge is 0.364 e. The van der Waals surface area contributed by atoms with Crippen LogP contribution >= 0.6 is 0 Å². The molecule has 1 aliphatic heterocycles. The fourth-order valence-corrected chi connectivity index (χ4v) is 1.85. The van der Waals surface area contributed by atoms with Gasteiger partial charge in [-0.25, -0.2) is 0 Å². The zero-order valence-corrected chi connectivity index (χ0v) is 11.1. The summed E-state index contributed by atoms with van der Waals surface area (Å²) in [4.78, 5) is 24.2. The number of amides is 2. The van der Waals surface area contributed by atoms with Gasteiger partial charge in [-0.05, 0) is 12.8 Å². The molecule has 0 aromatic rings. The second-order valence-corrected chi connectivity index (χ2v) is 4.65. The van der Waals surface area contributed by atoms with Gasteiger partial charge >= 0.3 is 6.18 Å². The van der Waals surface area contributed by atoms with Gasteiger partial charge in [0.25, 0.3) is 5.91 Å². The topological polar surface area (TPSA) is 84.7 Å². The molecule has 1 aliphatic rings. The van der Waals surface area contributed by atoms with Gasteiger partial charge in [-0.1, -0.05) is 0 Å². The average molecular weight is 297 g/mol. The van der Waals surface area contributed by atoms with E-state index in [1.54, 1.807) is 5.32 Å². The minimum absolute atomic E-state index is 0.184. The first-order valence-electron chi connectivity index (χ1n) is 6.17. The highest BCUT2D eigenvalue weighted by Crippen LogP contribution is 2.20. The van der Waals surface area contributed by atoms with Crippen molar-refractivity contribution in [2.75, 3.05) is 26.7 Å². The normalized spacial score (nSPS) is 22.6. The standard InChI is InChI=1S/C11H18F3N3O3/c1-17(5-9(18)16-6-11(12,13)14)10(19)8-3-2-7(4-15)20-8/h7-8H,2-6,15H2,1H3,(H,16,18). The van der Waals surface area contributed by atoms with Gasteiger partial charge in [0.1, 0.15) is 12.6 Å². The monoisotopic (exact) mass is 297 g/mol. The number of halogens is 3. The summed E-state index contributed by atoms with van der Waals surface area (Å²) in [5, 5.41) is 1.70. The molecule has 6 nitrogen and oxygen atoms in total. The minimum Gasteiger partial charge on any atom is -0.364 e. The number of ether oxygens (including phenoxy) is 1. The van der Waals surface area contributed by atoms with Gasteiger partial charge in [0.15, 0.2) is 0 Å². The summed E-state index contributed by atoms with van der Waals surface area (Å²) in [6.45, 7) is -1.55. The maximum absolute atomic E-state index is 11.9. The fourth-order valence-electron chi connectivity index (χ4n) is 1.85. The maximum Gasteiger partial charge on any atom is 0.405 e. The van der Waals surface area contributed by atoms with Crippen LogP contribution in [0.15, 0.2) is 0 Å². The van der Waals surface area contributed by atoms with Gasteiger partial charge in [-0.3, -0.25) is 9.59 Å². The van der Waals surface area contributed by atoms with Crippen molar-refractivity contribution in [1.29, 1.82) is 0 Å². The van der Waals surface area contributed by atoms with Crippen LogP contribution in [0.2, 0.25) is 0 Å². The van der Waals surface area contributed by atoms with Crippen LogP contribution in [0.3, 0.4) is 0 Å². The van der Waals surface area contributed by atoms with Crippen LogP contribution in [0, 0.1) is 0 Å². The molecule has 1 heterocycles. The van der Waals surface area contributed by atoms with E-state index in [9.17, 15) is 22.8 Å². The van der Waals surface area contributed by atoms with E-state index in [0.29, 0.717) is 19.4 Å². The quantitative estimate of drug-likeness (QED) is 0.725. The number of carbonyl (C=O) groups is 2. The van der Waals surface area contributed by atoms with Crippen molar-refractivity contribution in [2.24, 2.45) is 5.73 Å². The Morgan fingerprint density at radius 1 is 1.40 bits per heavy atom. The number of rotatable bonds is 5. The molecule has 2 atom stereocenters. The molecular weight excluding hydrogens is 279 g/mol. The van der Waals surface area contributed by atoms with E-state index in [4.69, 9.17) is 10.5 Å². The van der Waals surface area contributed by atoms with Crippen molar-refractivity contribution in [3.8, 4) is 0 Å². The van der Waals surface area contributed by atoms with Gasteiger partial charge < -0.3 is 20.7 Å². The Bertz CT molecular complexity index is 363. The van der Waals surface area contributed by atoms with Crippen LogP contribution in [0.1, 0.15) is 12.8 Å². The zero-order valence-electron chi connectivity index (χ0n) is 11.1. The second-order valence-electron chi connectivity index (χ2n) is 4.65. The van der Waals surface area contributed by atoms with E-state index in [1.165, 1.54) is 7.05 Å². The van der Waals surface area contributed by atoms with Gasteiger partial charge in [0.2, 0.25) is 5.91 Å². The molecule has 0 bridgehead atoms. The summed E-state index contributed by atoms with van der Waals surface area (Å²) in [5.41, 5.74) is 5.41. The lowest BCUT2D eigenvalue weighted by molar-refractivity contribution is -0.146. The van der Waals surface area contributed by atoms with Gasteiger partial charge in [0.05, 0.1) is 12.6 Å². The molecule has 116 valence electrons. The molecule has 1 rings (SSSR count). The molecule has 1 saturated heterocycles. The number of carbonyl (C=O) groups excluding carboxylic acids is 2. The SMILES string of the molecule is CN(CC(=O)NCC(F)(F)F)C(=O)C1CCC(CN)O1. The lowest BCUT2D eigenvalue weighted by Crippen LogP contribution is -2.44. The first-order valence-corrected chi connectivity index (χ1v) is 6.17. The largest absolute Gasteiger partial charge is 0.405 e. The van der Waals surface area contributed by atoms with E-state index in [1.807, 2.05) is 0 Å². The first kappa shape index (κ1) is 16.7. The van der Waals surface area contributed by atoms with Crippen molar-refractivity contribution in [3.63, 3.8) is 0 Å². The number of nitrogens with zero attached hydrogens (tertiary/aromatic N) is 1. The highest BCUT2D eigenvalue weighted by atomic mass is 19.4. The summed E-state index contributed by atoms with van der Waals surface area (Å²) in [7, 11) is 1.34. The Morgan fingerprint density at radius 2 is 2.05 bits per heavy atom. The highest BCUT2D eigenvalue weighted by Gasteiger charge is 2.33. The highest BCUT2D eigenvalue weighted by molar-refractivity contribution is 5.86. The van der Waals surface area contributed by atoms with Crippen LogP contribution in [0.4, 0.5) is 13.2 Å². The number of alkyl halides is 3. The summed E-state index contributed by atoms with van der Waals surface area (Å²) in [6, 6.07) is 0. The Hall–Kier alpha value is -1.35. The summed E-state index contributed by atoms with van der Waals surface area (Å²) < 4.78 is 41.1. The van der Waals surface area contributed by atoms with Crippen LogP contribution in [0.25, 0.3) is 0 Å². The van der Waals surface area contributed by atoms with Crippen molar-refractivity contribution < 1.29 is 27.5 Å². The van der Waals surface area contributed by atoms with E-state index < -0.39 is 37.2 Å². The number of nitrogens with one attached hydrogen (secondary N) is 1. The Morgan fingerprint density at radius 3 is 2.55 bits per heavy atom. The number of nitrogens with two attached hydrogens (primary N) is 1. The summed E-state index contributed by atoms with van der Waals surface area (Å²) in [5.74, 6) is -1.30. The molecule has 0 aliphatic carbocycles. The van der Waals surface area contributed by atoms with Crippen molar-refractivity contribution in [1.82, 2.24) is 10.2 Å². The lowest BCUT2D eigenvalue weighted by Gasteiger charge is -2.21. The van der Waals surface area contributed by atoms with Crippen molar-refractivity contribution in [2.45, 2.75) is 31.2 Å². The van der Waals surface area contributed by atoms with Gasteiger partial charge in [-0.15, -0.1) is 0 Å². The Labute approximate surface area is 114 Å². The van der Waals surface area contributed by atoms with Crippen molar-refractivity contribution >= 4 is 11.8 Å². The number of hydrogen-bond acceptors (Lipinski definition) is 4. The molecule has 0 aromatic carbocycles. The molecule has 0 aromatic heterocycles. The minimum atomic E-state index is -4.47. The number of hydrogen-bond donors (Lipinski definition) is 2. The molecular formula is C11H18F3N3O3. The van der Waals surface area contributed by atoms with Crippen molar-refractivity contribution in [3.05, 3.63) is 0 Å². The molecule has 0 saturated carbocycles. The molecule has 2 amide bonds. The zero-order chi connectivity index (χ0) is 15.3. The van der Waals surface area contributed by atoms with Gasteiger partial charge in [-0.2, -0.15) is 13.2 Å². The molecule has 1 fully saturated rings. The fraction of sp³-hybridized carbons (Fsp3) is 0.818. The van der Waals surface area contributed by atoms with Crippen LogP contribution in [0.5, 0.6) is 0 Å². The maximum atomic E-state index is 11.9. The molecule has 0 spiro atoms. The average Bonchev–Trinajstić information content (AvgIpc) is 2.83. The third-order valence-electron chi connectivity index (χ3n) is 2.89. The third kappa shape index (κ3) is 5.33. The summed E-state index contributed by atoms with van der Waals surface area (Å²) >= 11 is 0. The van der Waals surface area contributed by atoms with E-state index in [-0.39, 0.29) is 6.10 Å². The Kier molecular flexibility index (Phi) is 5.75. The van der Waals surface area contributed by atoms with Gasteiger partial charge in [0, 0.05) is 13.6 Å². The third-order valence-corrected chi connectivity index (χ3v) is 2.89. The number of likely N-dealkylation sites (N-methyl/N-ethyl adjacent to an activating group) is 1. The predicted molar refractivity (Wildman–Crippen MR) is 63.7 cm³/mol. The lowest BCUT2D eigenvalue weighted by atomic mass is 10.2. The molecule has 3 N–H and O–H groups in total. The predicted octanol–water partition coefficient (Wildman–Crippen LogP) is -0.370. The van der Waals surface area contributed by atoms with Crippen LogP contribution in [-0.4, -0.2) is 61.8 Å². The molecule has 0 radical (unpaired) electrons. The van der Waals surface area contributed by atoms with E-state index in [0.717, 1.165) is 4.90 Å². The van der Waals surface area contributed by atoms with E-state index in [2.05, 4.69) is 0 Å². The van der Waals surface area contributed by atoms with Crippen LogP contribution in [-0.2, 0) is 14.3 Å².